The number of hydrogen-bond donors (Lipinski definition) is 1. The van der Waals surface area contributed by atoms with Crippen LogP contribution in [0.2, 0.25) is 0 Å². The summed E-state index contributed by atoms with van der Waals surface area (Å²) < 4.78 is 0. The zero-order valence-corrected chi connectivity index (χ0v) is 12.7. The molecule has 1 atom stereocenters. The fraction of sp³-hybridized carbons (Fsp3) is 0.647. The maximum Gasteiger partial charge on any atom is 0.0332 e. The van der Waals surface area contributed by atoms with Crippen LogP contribution in [-0.2, 0) is 0 Å². The minimum atomic E-state index is 0.493. The Hall–Kier alpha value is -0.860. The zero-order valence-electron chi connectivity index (χ0n) is 12.7. The lowest BCUT2D eigenvalue weighted by atomic mass is 10.0. The SMILES string of the molecule is CCNC(CCN(C)CC1CC1)c1ccc(C)cc1. The Balaban J connectivity index is 1.85. The summed E-state index contributed by atoms with van der Waals surface area (Å²) in [6, 6.07) is 9.46. The molecule has 0 spiro atoms. The summed E-state index contributed by atoms with van der Waals surface area (Å²) in [6.45, 7) is 7.84. The van der Waals surface area contributed by atoms with Crippen LogP contribution in [0.3, 0.4) is 0 Å². The largest absolute Gasteiger partial charge is 0.310 e. The Morgan fingerprint density at radius 3 is 2.53 bits per heavy atom. The molecule has 106 valence electrons. The van der Waals surface area contributed by atoms with Crippen LogP contribution in [0.5, 0.6) is 0 Å². The first-order chi connectivity index (χ1) is 9.19. The first-order valence-corrected chi connectivity index (χ1v) is 7.67. The standard InChI is InChI=1S/C17H28N2/c1-4-18-17(16-9-5-14(2)6-10-16)11-12-19(3)13-15-7-8-15/h5-6,9-10,15,17-18H,4,7-8,11-13H2,1-3H3. The van der Waals surface area contributed by atoms with E-state index < -0.39 is 0 Å². The molecule has 1 N–H and O–H groups in total. The lowest BCUT2D eigenvalue weighted by molar-refractivity contribution is 0.297. The van der Waals surface area contributed by atoms with E-state index in [0.29, 0.717) is 6.04 Å². The average Bonchev–Trinajstić information content (AvgIpc) is 3.19. The summed E-state index contributed by atoms with van der Waals surface area (Å²) in [5.41, 5.74) is 2.76. The summed E-state index contributed by atoms with van der Waals surface area (Å²) in [5.74, 6) is 0.988. The van der Waals surface area contributed by atoms with Crippen molar-refractivity contribution in [1.82, 2.24) is 10.2 Å². The van der Waals surface area contributed by atoms with Gasteiger partial charge in [0.05, 0.1) is 0 Å². The molecule has 0 saturated heterocycles. The minimum absolute atomic E-state index is 0.493. The van der Waals surface area contributed by atoms with E-state index in [2.05, 4.69) is 55.4 Å². The van der Waals surface area contributed by atoms with Gasteiger partial charge in [-0.2, -0.15) is 0 Å². The summed E-state index contributed by atoms with van der Waals surface area (Å²) >= 11 is 0. The highest BCUT2D eigenvalue weighted by Crippen LogP contribution is 2.29. The van der Waals surface area contributed by atoms with Gasteiger partial charge >= 0.3 is 0 Å². The Bertz CT molecular complexity index is 367. The predicted molar refractivity (Wildman–Crippen MR) is 82.4 cm³/mol. The van der Waals surface area contributed by atoms with Gasteiger partial charge in [0.2, 0.25) is 0 Å². The topological polar surface area (TPSA) is 15.3 Å². The van der Waals surface area contributed by atoms with E-state index in [9.17, 15) is 0 Å². The van der Waals surface area contributed by atoms with Crippen molar-refractivity contribution in [1.29, 1.82) is 0 Å². The van der Waals surface area contributed by atoms with Gasteiger partial charge in [0.1, 0.15) is 0 Å². The molecule has 0 heterocycles. The average molecular weight is 260 g/mol. The third-order valence-corrected chi connectivity index (χ3v) is 4.00. The van der Waals surface area contributed by atoms with E-state index >= 15 is 0 Å². The van der Waals surface area contributed by atoms with Crippen LogP contribution in [-0.4, -0.2) is 31.6 Å². The molecule has 1 unspecified atom stereocenters. The van der Waals surface area contributed by atoms with Crippen molar-refractivity contribution >= 4 is 0 Å². The molecular weight excluding hydrogens is 232 g/mol. The lowest BCUT2D eigenvalue weighted by Gasteiger charge is -2.23. The summed E-state index contributed by atoms with van der Waals surface area (Å²) in [4.78, 5) is 2.50. The molecule has 1 aliphatic carbocycles. The van der Waals surface area contributed by atoms with E-state index in [1.165, 1.54) is 43.5 Å². The molecule has 0 aliphatic heterocycles. The van der Waals surface area contributed by atoms with Gasteiger partial charge in [-0.15, -0.1) is 0 Å². The highest BCUT2D eigenvalue weighted by Gasteiger charge is 2.23. The molecule has 1 aromatic rings. The van der Waals surface area contributed by atoms with Gasteiger partial charge in [-0.25, -0.2) is 0 Å². The van der Waals surface area contributed by atoms with Crippen LogP contribution >= 0.6 is 0 Å². The monoisotopic (exact) mass is 260 g/mol. The van der Waals surface area contributed by atoms with Gasteiger partial charge < -0.3 is 10.2 Å². The second-order valence-corrected chi connectivity index (χ2v) is 6.02. The van der Waals surface area contributed by atoms with E-state index in [4.69, 9.17) is 0 Å². The first kappa shape index (κ1) is 14.5. The van der Waals surface area contributed by atoms with Crippen molar-refractivity contribution in [2.45, 2.75) is 39.2 Å². The normalized spacial score (nSPS) is 16.8. The molecule has 0 radical (unpaired) electrons. The Kier molecular flexibility index (Phi) is 5.41. The van der Waals surface area contributed by atoms with Crippen LogP contribution in [0, 0.1) is 12.8 Å². The van der Waals surface area contributed by atoms with Crippen LogP contribution in [0.4, 0.5) is 0 Å². The number of nitrogens with one attached hydrogen (secondary N) is 1. The maximum atomic E-state index is 3.62. The third kappa shape index (κ3) is 4.96. The molecule has 1 saturated carbocycles. The molecular formula is C17H28N2. The number of rotatable bonds is 8. The van der Waals surface area contributed by atoms with Crippen molar-refractivity contribution < 1.29 is 0 Å². The molecule has 2 rings (SSSR count). The van der Waals surface area contributed by atoms with Gasteiger partial charge in [-0.05, 0) is 57.8 Å². The van der Waals surface area contributed by atoms with Crippen molar-refractivity contribution in [3.05, 3.63) is 35.4 Å². The molecule has 1 aromatic carbocycles. The van der Waals surface area contributed by atoms with Crippen molar-refractivity contribution in [3.8, 4) is 0 Å². The summed E-state index contributed by atoms with van der Waals surface area (Å²) in [6.07, 6.45) is 4.08. The smallest absolute Gasteiger partial charge is 0.0332 e. The van der Waals surface area contributed by atoms with E-state index in [1.807, 2.05) is 0 Å². The summed E-state index contributed by atoms with van der Waals surface area (Å²) in [5, 5.41) is 3.62. The van der Waals surface area contributed by atoms with E-state index in [-0.39, 0.29) is 0 Å². The van der Waals surface area contributed by atoms with Crippen LogP contribution in [0.1, 0.15) is 43.4 Å². The molecule has 0 bridgehead atoms. The molecule has 1 aliphatic rings. The molecule has 2 nitrogen and oxygen atoms in total. The maximum absolute atomic E-state index is 3.62. The number of benzene rings is 1. The van der Waals surface area contributed by atoms with Gasteiger partial charge in [-0.3, -0.25) is 0 Å². The lowest BCUT2D eigenvalue weighted by Crippen LogP contribution is -2.28. The minimum Gasteiger partial charge on any atom is -0.310 e. The van der Waals surface area contributed by atoms with Crippen LogP contribution in [0.25, 0.3) is 0 Å². The van der Waals surface area contributed by atoms with Crippen molar-refractivity contribution in [2.75, 3.05) is 26.7 Å². The molecule has 0 amide bonds. The fourth-order valence-corrected chi connectivity index (χ4v) is 2.61. The second kappa shape index (κ2) is 7.06. The predicted octanol–water partition coefficient (Wildman–Crippen LogP) is 3.38. The van der Waals surface area contributed by atoms with Crippen molar-refractivity contribution in [2.24, 2.45) is 5.92 Å². The number of hydrogen-bond acceptors (Lipinski definition) is 2. The van der Waals surface area contributed by atoms with E-state index in [0.717, 1.165) is 12.5 Å². The van der Waals surface area contributed by atoms with Gasteiger partial charge in [0.25, 0.3) is 0 Å². The fourth-order valence-electron chi connectivity index (χ4n) is 2.61. The van der Waals surface area contributed by atoms with Gasteiger partial charge in [0, 0.05) is 12.6 Å². The van der Waals surface area contributed by atoms with Gasteiger partial charge in [0.15, 0.2) is 0 Å². The molecule has 1 fully saturated rings. The van der Waals surface area contributed by atoms with Crippen LogP contribution < -0.4 is 5.32 Å². The Morgan fingerprint density at radius 2 is 1.95 bits per heavy atom. The number of aryl methyl sites for hydroxylation is 1. The quantitative estimate of drug-likeness (QED) is 0.771. The van der Waals surface area contributed by atoms with Crippen molar-refractivity contribution in [3.63, 3.8) is 0 Å². The molecule has 0 aromatic heterocycles. The first-order valence-electron chi connectivity index (χ1n) is 7.67. The number of nitrogens with zero attached hydrogens (tertiary/aromatic N) is 1. The zero-order chi connectivity index (χ0) is 13.7. The Labute approximate surface area is 118 Å². The summed E-state index contributed by atoms with van der Waals surface area (Å²) in [7, 11) is 2.26. The highest BCUT2D eigenvalue weighted by molar-refractivity contribution is 5.24. The molecule has 19 heavy (non-hydrogen) atoms. The van der Waals surface area contributed by atoms with Crippen LogP contribution in [0.15, 0.2) is 24.3 Å². The second-order valence-electron chi connectivity index (χ2n) is 6.02. The Morgan fingerprint density at radius 1 is 1.26 bits per heavy atom. The molecule has 2 heteroatoms. The van der Waals surface area contributed by atoms with Gasteiger partial charge in [-0.1, -0.05) is 36.8 Å². The van der Waals surface area contributed by atoms with E-state index in [1.54, 1.807) is 0 Å². The third-order valence-electron chi connectivity index (χ3n) is 4.00. The highest BCUT2D eigenvalue weighted by atomic mass is 15.1.